The highest BCUT2D eigenvalue weighted by atomic mass is 32.2. The van der Waals surface area contributed by atoms with Crippen molar-refractivity contribution in [2.45, 2.75) is 37.9 Å². The van der Waals surface area contributed by atoms with E-state index in [9.17, 15) is 13.2 Å². The average Bonchev–Trinajstić information content (AvgIpc) is 2.58. The second-order valence-electron chi connectivity index (χ2n) is 6.02. The fraction of sp³-hybridized carbons (Fsp3) is 0.529. The lowest BCUT2D eigenvalue weighted by atomic mass is 10.2. The molecule has 0 unspecified atom stereocenters. The monoisotopic (exact) mass is 383 g/mol. The van der Waals surface area contributed by atoms with Crippen molar-refractivity contribution in [2.75, 3.05) is 25.6 Å². The third-order valence-electron chi connectivity index (χ3n) is 3.90. The largest absolute Gasteiger partial charge is 0.287 e. The molecule has 0 atom stereocenters. The molecule has 138 valence electrons. The minimum Gasteiger partial charge on any atom is -0.287 e. The third kappa shape index (κ3) is 5.05. The van der Waals surface area contributed by atoms with Crippen LogP contribution in [0.15, 0.2) is 34.2 Å². The Hall–Kier alpha value is -1.38. The number of benzene rings is 1. The number of fused-ring (bicyclic) bond motifs is 1. The highest BCUT2D eigenvalue weighted by Crippen LogP contribution is 2.19. The van der Waals surface area contributed by atoms with E-state index in [-0.39, 0.29) is 11.3 Å². The van der Waals surface area contributed by atoms with Crippen LogP contribution in [0.25, 0.3) is 10.9 Å². The van der Waals surface area contributed by atoms with E-state index in [1.807, 2.05) is 18.2 Å². The third-order valence-corrected chi connectivity index (χ3v) is 6.88. The van der Waals surface area contributed by atoms with Crippen LogP contribution in [-0.4, -0.2) is 47.9 Å². The minimum absolute atomic E-state index is 0.0255. The molecule has 1 aromatic heterocycles. The van der Waals surface area contributed by atoms with Crippen LogP contribution in [-0.2, 0) is 16.6 Å². The molecule has 0 saturated carbocycles. The summed E-state index contributed by atoms with van der Waals surface area (Å²) in [5, 5.41) is 1.29. The molecule has 0 N–H and O–H groups in total. The first-order valence-corrected chi connectivity index (χ1v) is 11.0. The van der Waals surface area contributed by atoms with E-state index in [1.54, 1.807) is 10.6 Å². The van der Waals surface area contributed by atoms with Crippen molar-refractivity contribution < 1.29 is 8.42 Å². The molecule has 1 aromatic carbocycles. The molecule has 0 spiro atoms. The van der Waals surface area contributed by atoms with Gasteiger partial charge in [-0.2, -0.15) is 0 Å². The quantitative estimate of drug-likeness (QED) is 0.378. The number of hydrogen-bond donors (Lipinski definition) is 0. The molecule has 1 heterocycles. The summed E-state index contributed by atoms with van der Waals surface area (Å²) in [4.78, 5) is 17.4. The molecule has 2 aromatic rings. The Labute approximate surface area is 153 Å². The van der Waals surface area contributed by atoms with Gasteiger partial charge in [-0.3, -0.25) is 9.36 Å². The highest BCUT2D eigenvalue weighted by Gasteiger charge is 2.14. The van der Waals surface area contributed by atoms with E-state index in [1.165, 1.54) is 30.2 Å². The first-order chi connectivity index (χ1) is 11.9. The van der Waals surface area contributed by atoms with Crippen molar-refractivity contribution in [3.05, 3.63) is 34.6 Å². The minimum atomic E-state index is -3.19. The maximum absolute atomic E-state index is 12.7. The van der Waals surface area contributed by atoms with E-state index in [0.29, 0.717) is 34.8 Å². The van der Waals surface area contributed by atoms with Gasteiger partial charge in [0.05, 0.1) is 16.7 Å². The molecule has 2 rings (SSSR count). The van der Waals surface area contributed by atoms with Crippen molar-refractivity contribution >= 4 is 32.7 Å². The molecule has 0 bridgehead atoms. The first kappa shape index (κ1) is 19.9. The van der Waals surface area contributed by atoms with Gasteiger partial charge in [0.1, 0.15) is 0 Å². The number of sulfonamides is 1. The molecule has 0 radical (unpaired) electrons. The number of aromatic nitrogens is 2. The topological polar surface area (TPSA) is 72.3 Å². The van der Waals surface area contributed by atoms with Crippen LogP contribution in [0.4, 0.5) is 0 Å². The number of thioether (sulfide) groups is 1. The number of nitrogens with zero attached hydrogens (tertiary/aromatic N) is 3. The molecular formula is C17H25N3O3S2. The summed E-state index contributed by atoms with van der Waals surface area (Å²) in [6.07, 6.45) is 2.41. The Morgan fingerprint density at radius 2 is 1.92 bits per heavy atom. The average molecular weight is 384 g/mol. The first-order valence-electron chi connectivity index (χ1n) is 8.39. The number of rotatable bonds is 9. The van der Waals surface area contributed by atoms with E-state index in [0.717, 1.165) is 12.8 Å². The highest BCUT2D eigenvalue weighted by molar-refractivity contribution is 7.99. The second-order valence-corrected chi connectivity index (χ2v) is 9.39. The Kier molecular flexibility index (Phi) is 7.04. The molecule has 25 heavy (non-hydrogen) atoms. The van der Waals surface area contributed by atoms with Crippen molar-refractivity contribution in [3.8, 4) is 0 Å². The van der Waals surface area contributed by atoms with Crippen LogP contribution in [0.1, 0.15) is 26.2 Å². The molecule has 8 heteroatoms. The van der Waals surface area contributed by atoms with Crippen molar-refractivity contribution in [2.24, 2.45) is 0 Å². The zero-order chi connectivity index (χ0) is 18.4. The van der Waals surface area contributed by atoms with Gasteiger partial charge in [-0.1, -0.05) is 37.2 Å². The van der Waals surface area contributed by atoms with Gasteiger partial charge in [0.15, 0.2) is 5.16 Å². The van der Waals surface area contributed by atoms with Crippen LogP contribution >= 0.6 is 11.8 Å². The standard InChI is InChI=1S/C17H25N3O3S2/c1-4-5-11-20-16(21)14-9-6-7-10-15(14)18-17(20)24-12-8-13-25(22,23)19(2)3/h6-7,9-10H,4-5,8,11-13H2,1-3H3. The maximum atomic E-state index is 12.7. The van der Waals surface area contributed by atoms with E-state index in [4.69, 9.17) is 0 Å². The van der Waals surface area contributed by atoms with Crippen LogP contribution in [0.5, 0.6) is 0 Å². The van der Waals surface area contributed by atoms with Gasteiger partial charge in [-0.25, -0.2) is 17.7 Å². The second kappa shape index (κ2) is 8.82. The Balaban J connectivity index is 2.19. The molecule has 0 aliphatic heterocycles. The molecule has 0 aliphatic rings. The SMILES string of the molecule is CCCCn1c(SCCCS(=O)(=O)N(C)C)nc2ccccc2c1=O. The smallest absolute Gasteiger partial charge is 0.262 e. The lowest BCUT2D eigenvalue weighted by Crippen LogP contribution is -2.25. The summed E-state index contributed by atoms with van der Waals surface area (Å²) in [5.41, 5.74) is 0.658. The summed E-state index contributed by atoms with van der Waals surface area (Å²) in [7, 11) is -0.114. The van der Waals surface area contributed by atoms with Crippen LogP contribution in [0.3, 0.4) is 0 Å². The molecule has 0 fully saturated rings. The summed E-state index contributed by atoms with van der Waals surface area (Å²) in [6, 6.07) is 7.34. The van der Waals surface area contributed by atoms with E-state index in [2.05, 4.69) is 11.9 Å². The van der Waals surface area contributed by atoms with Gasteiger partial charge in [0, 0.05) is 26.4 Å². The zero-order valence-electron chi connectivity index (χ0n) is 14.9. The predicted molar refractivity (Wildman–Crippen MR) is 104 cm³/mol. The van der Waals surface area contributed by atoms with Crippen LogP contribution < -0.4 is 5.56 Å². The van der Waals surface area contributed by atoms with Gasteiger partial charge in [-0.05, 0) is 25.0 Å². The lowest BCUT2D eigenvalue weighted by molar-refractivity contribution is 0.519. The summed E-state index contributed by atoms with van der Waals surface area (Å²) >= 11 is 1.45. The number of para-hydroxylation sites is 1. The number of unbranched alkanes of at least 4 members (excludes halogenated alkanes) is 1. The number of hydrogen-bond acceptors (Lipinski definition) is 5. The fourth-order valence-electron chi connectivity index (χ4n) is 2.36. The van der Waals surface area contributed by atoms with Gasteiger partial charge < -0.3 is 0 Å². The van der Waals surface area contributed by atoms with Crippen molar-refractivity contribution in [3.63, 3.8) is 0 Å². The van der Waals surface area contributed by atoms with Crippen molar-refractivity contribution in [1.82, 2.24) is 13.9 Å². The molecular weight excluding hydrogens is 358 g/mol. The van der Waals surface area contributed by atoms with E-state index < -0.39 is 10.0 Å². The molecule has 6 nitrogen and oxygen atoms in total. The Morgan fingerprint density at radius 3 is 2.60 bits per heavy atom. The fourth-order valence-corrected chi connectivity index (χ4v) is 4.38. The van der Waals surface area contributed by atoms with E-state index >= 15 is 0 Å². The Bertz CT molecular complexity index is 876. The predicted octanol–water partition coefficient (Wildman–Crippen LogP) is 2.57. The van der Waals surface area contributed by atoms with Gasteiger partial charge >= 0.3 is 0 Å². The summed E-state index contributed by atoms with van der Waals surface area (Å²) in [6.45, 7) is 2.71. The maximum Gasteiger partial charge on any atom is 0.262 e. The lowest BCUT2D eigenvalue weighted by Gasteiger charge is -2.13. The molecule has 0 aliphatic carbocycles. The Morgan fingerprint density at radius 1 is 1.20 bits per heavy atom. The summed E-state index contributed by atoms with van der Waals surface area (Å²) in [5.74, 6) is 0.698. The van der Waals surface area contributed by atoms with Crippen LogP contribution in [0.2, 0.25) is 0 Å². The van der Waals surface area contributed by atoms with Gasteiger partial charge in [-0.15, -0.1) is 0 Å². The van der Waals surface area contributed by atoms with Crippen LogP contribution in [0, 0.1) is 0 Å². The van der Waals surface area contributed by atoms with Gasteiger partial charge in [0.25, 0.3) is 5.56 Å². The summed E-state index contributed by atoms with van der Waals surface area (Å²) < 4.78 is 26.6. The molecule has 0 saturated heterocycles. The molecule has 0 amide bonds. The normalized spacial score (nSPS) is 12.2. The zero-order valence-corrected chi connectivity index (χ0v) is 16.6. The van der Waals surface area contributed by atoms with Gasteiger partial charge in [0.2, 0.25) is 10.0 Å². The van der Waals surface area contributed by atoms with Crippen molar-refractivity contribution in [1.29, 1.82) is 0 Å².